The maximum atomic E-state index is 6.34. The average Bonchev–Trinajstić information content (AvgIpc) is 3.13. The number of rotatable bonds is 3. The van der Waals surface area contributed by atoms with Gasteiger partial charge in [0.15, 0.2) is 11.8 Å². The zero-order valence-electron chi connectivity index (χ0n) is 16.1. The SMILES string of the molecule is CN=C(NCc1nnc2n1CCCC2)N1CCN(c2ccccc2Cl)CC1.I. The van der Waals surface area contributed by atoms with Crippen molar-refractivity contribution in [2.45, 2.75) is 32.4 Å². The van der Waals surface area contributed by atoms with Crippen molar-refractivity contribution in [3.05, 3.63) is 40.9 Å². The molecule has 7 nitrogen and oxygen atoms in total. The van der Waals surface area contributed by atoms with E-state index in [1.165, 1.54) is 12.8 Å². The standard InChI is InChI=1S/C19H26ClN7.HI/c1-21-19(22-14-18-24-23-17-8-4-5-9-27(17)18)26-12-10-25(11-13-26)16-7-3-2-6-15(16)20;/h2-3,6-7H,4-5,8-14H2,1H3,(H,21,22);1H. The van der Waals surface area contributed by atoms with Crippen LogP contribution in [0.25, 0.3) is 0 Å². The molecule has 1 aromatic carbocycles. The predicted octanol–water partition coefficient (Wildman–Crippen LogP) is 2.78. The first kappa shape index (κ1) is 21.2. The van der Waals surface area contributed by atoms with Crippen molar-refractivity contribution < 1.29 is 0 Å². The summed E-state index contributed by atoms with van der Waals surface area (Å²) in [6.45, 7) is 5.33. The lowest BCUT2D eigenvalue weighted by atomic mass is 10.2. The second-order valence-corrected chi connectivity index (χ2v) is 7.37. The molecule has 4 rings (SSSR count). The highest BCUT2D eigenvalue weighted by Crippen LogP contribution is 2.26. The summed E-state index contributed by atoms with van der Waals surface area (Å²) in [5, 5.41) is 13.0. The molecule has 2 aliphatic rings. The van der Waals surface area contributed by atoms with Crippen molar-refractivity contribution in [1.82, 2.24) is 25.0 Å². The lowest BCUT2D eigenvalue weighted by Gasteiger charge is -2.38. The van der Waals surface area contributed by atoms with Gasteiger partial charge in [-0.2, -0.15) is 0 Å². The molecule has 0 amide bonds. The largest absolute Gasteiger partial charge is 0.367 e. The number of para-hydroxylation sites is 1. The monoisotopic (exact) mass is 515 g/mol. The Bertz CT molecular complexity index is 814. The molecule has 3 heterocycles. The number of benzene rings is 1. The van der Waals surface area contributed by atoms with E-state index < -0.39 is 0 Å². The molecule has 0 atom stereocenters. The summed E-state index contributed by atoms with van der Waals surface area (Å²) in [6, 6.07) is 8.03. The lowest BCUT2D eigenvalue weighted by Crippen LogP contribution is -2.52. The normalized spacial score (nSPS) is 17.1. The number of hydrogen-bond donors (Lipinski definition) is 1. The lowest BCUT2D eigenvalue weighted by molar-refractivity contribution is 0.371. The summed E-state index contributed by atoms with van der Waals surface area (Å²) >= 11 is 6.34. The Morgan fingerprint density at radius 2 is 1.89 bits per heavy atom. The fourth-order valence-corrected chi connectivity index (χ4v) is 4.11. The minimum atomic E-state index is 0. The molecule has 9 heteroatoms. The summed E-state index contributed by atoms with van der Waals surface area (Å²) in [5.41, 5.74) is 1.11. The Labute approximate surface area is 188 Å². The third-order valence-corrected chi connectivity index (χ3v) is 5.64. The first-order valence-corrected chi connectivity index (χ1v) is 10.00. The molecule has 0 unspecified atom stereocenters. The van der Waals surface area contributed by atoms with E-state index in [0.717, 1.165) is 67.5 Å². The van der Waals surface area contributed by atoms with Crippen molar-refractivity contribution in [1.29, 1.82) is 0 Å². The number of guanidine groups is 1. The molecular formula is C19H27ClIN7. The second kappa shape index (κ2) is 9.78. The minimum Gasteiger partial charge on any atom is -0.367 e. The average molecular weight is 516 g/mol. The fourth-order valence-electron chi connectivity index (χ4n) is 3.86. The summed E-state index contributed by atoms with van der Waals surface area (Å²) in [5.74, 6) is 3.03. The predicted molar refractivity (Wildman–Crippen MR) is 124 cm³/mol. The molecule has 1 saturated heterocycles. The van der Waals surface area contributed by atoms with E-state index in [0.29, 0.717) is 6.54 Å². The van der Waals surface area contributed by atoms with Gasteiger partial charge in [-0.1, -0.05) is 23.7 Å². The summed E-state index contributed by atoms with van der Waals surface area (Å²) in [7, 11) is 1.84. The van der Waals surface area contributed by atoms with Crippen molar-refractivity contribution in [3.8, 4) is 0 Å². The Balaban J connectivity index is 0.00000225. The van der Waals surface area contributed by atoms with E-state index in [2.05, 4.69) is 40.9 Å². The third kappa shape index (κ3) is 4.53. The maximum Gasteiger partial charge on any atom is 0.194 e. The number of anilines is 1. The van der Waals surface area contributed by atoms with E-state index in [9.17, 15) is 0 Å². The maximum absolute atomic E-state index is 6.34. The Morgan fingerprint density at radius 3 is 2.64 bits per heavy atom. The zero-order chi connectivity index (χ0) is 18.6. The quantitative estimate of drug-likeness (QED) is 0.387. The number of fused-ring (bicyclic) bond motifs is 1. The van der Waals surface area contributed by atoms with Gasteiger partial charge in [-0.05, 0) is 25.0 Å². The highest BCUT2D eigenvalue weighted by atomic mass is 127. The van der Waals surface area contributed by atoms with Gasteiger partial charge >= 0.3 is 0 Å². The van der Waals surface area contributed by atoms with Gasteiger partial charge in [0.05, 0.1) is 17.3 Å². The summed E-state index contributed by atoms with van der Waals surface area (Å²) < 4.78 is 2.25. The van der Waals surface area contributed by atoms with Gasteiger partial charge in [0.1, 0.15) is 5.82 Å². The van der Waals surface area contributed by atoms with Gasteiger partial charge in [-0.3, -0.25) is 4.99 Å². The number of piperazine rings is 1. The smallest absolute Gasteiger partial charge is 0.194 e. The van der Waals surface area contributed by atoms with Gasteiger partial charge in [0, 0.05) is 46.2 Å². The van der Waals surface area contributed by atoms with Crippen LogP contribution in [0.1, 0.15) is 24.5 Å². The van der Waals surface area contributed by atoms with E-state index in [1.807, 2.05) is 25.2 Å². The minimum absolute atomic E-state index is 0. The highest BCUT2D eigenvalue weighted by molar-refractivity contribution is 14.0. The van der Waals surface area contributed by atoms with E-state index >= 15 is 0 Å². The molecule has 1 N–H and O–H groups in total. The van der Waals surface area contributed by atoms with Crippen LogP contribution in [-0.4, -0.2) is 58.9 Å². The van der Waals surface area contributed by atoms with E-state index in [4.69, 9.17) is 11.6 Å². The van der Waals surface area contributed by atoms with Crippen LogP contribution in [0.3, 0.4) is 0 Å². The molecule has 152 valence electrons. The molecule has 0 bridgehead atoms. The first-order valence-electron chi connectivity index (χ1n) is 9.62. The van der Waals surface area contributed by atoms with Crippen molar-refractivity contribution in [3.63, 3.8) is 0 Å². The molecule has 0 saturated carbocycles. The summed E-state index contributed by atoms with van der Waals surface area (Å²) in [4.78, 5) is 9.09. The number of hydrogen-bond acceptors (Lipinski definition) is 4. The molecule has 2 aliphatic heterocycles. The van der Waals surface area contributed by atoms with Gasteiger partial charge in [-0.25, -0.2) is 0 Å². The zero-order valence-corrected chi connectivity index (χ0v) is 19.2. The Morgan fingerprint density at radius 1 is 1.11 bits per heavy atom. The van der Waals surface area contributed by atoms with Gasteiger partial charge in [0.25, 0.3) is 0 Å². The molecule has 1 aromatic heterocycles. The highest BCUT2D eigenvalue weighted by Gasteiger charge is 2.22. The van der Waals surface area contributed by atoms with Crippen LogP contribution in [0.4, 0.5) is 5.69 Å². The van der Waals surface area contributed by atoms with Crippen molar-refractivity contribution in [2.24, 2.45) is 4.99 Å². The Hall–Kier alpha value is -1.55. The molecule has 28 heavy (non-hydrogen) atoms. The number of nitrogens with one attached hydrogen (secondary N) is 1. The number of aryl methyl sites for hydroxylation is 1. The van der Waals surface area contributed by atoms with Crippen molar-refractivity contribution in [2.75, 3.05) is 38.1 Å². The first-order chi connectivity index (χ1) is 13.3. The number of halogens is 2. The van der Waals surface area contributed by atoms with Gasteiger partial charge in [0.2, 0.25) is 0 Å². The van der Waals surface area contributed by atoms with Crippen LogP contribution >= 0.6 is 35.6 Å². The molecule has 1 fully saturated rings. The number of nitrogens with zero attached hydrogens (tertiary/aromatic N) is 6. The van der Waals surface area contributed by atoms with E-state index in [-0.39, 0.29) is 24.0 Å². The number of aromatic nitrogens is 3. The van der Waals surface area contributed by atoms with Crippen LogP contribution in [0.5, 0.6) is 0 Å². The molecular weight excluding hydrogens is 489 g/mol. The topological polar surface area (TPSA) is 61.6 Å². The molecule has 2 aromatic rings. The second-order valence-electron chi connectivity index (χ2n) is 6.97. The fraction of sp³-hybridized carbons (Fsp3) is 0.526. The van der Waals surface area contributed by atoms with Crippen LogP contribution in [-0.2, 0) is 19.5 Å². The van der Waals surface area contributed by atoms with E-state index in [1.54, 1.807) is 0 Å². The van der Waals surface area contributed by atoms with Crippen LogP contribution in [0.2, 0.25) is 5.02 Å². The van der Waals surface area contributed by atoms with Crippen LogP contribution < -0.4 is 10.2 Å². The third-order valence-electron chi connectivity index (χ3n) is 5.32. The van der Waals surface area contributed by atoms with Crippen LogP contribution in [0, 0.1) is 0 Å². The van der Waals surface area contributed by atoms with Crippen molar-refractivity contribution >= 4 is 47.2 Å². The van der Waals surface area contributed by atoms with Gasteiger partial charge in [-0.15, -0.1) is 34.2 Å². The van der Waals surface area contributed by atoms with Crippen LogP contribution in [0.15, 0.2) is 29.3 Å². The Kier molecular flexibility index (Phi) is 7.39. The molecule has 0 spiro atoms. The number of aliphatic imine (C=N–C) groups is 1. The molecule has 0 radical (unpaired) electrons. The molecule has 0 aliphatic carbocycles. The summed E-state index contributed by atoms with van der Waals surface area (Å²) in [6.07, 6.45) is 3.45. The van der Waals surface area contributed by atoms with Gasteiger partial charge < -0.3 is 19.7 Å².